The van der Waals surface area contributed by atoms with Crippen molar-refractivity contribution in [1.29, 1.82) is 0 Å². The molecule has 1 aliphatic heterocycles. The van der Waals surface area contributed by atoms with Gasteiger partial charge in [0.15, 0.2) is 0 Å². The van der Waals surface area contributed by atoms with E-state index >= 15 is 0 Å². The van der Waals surface area contributed by atoms with Gasteiger partial charge in [-0.25, -0.2) is 0 Å². The maximum absolute atomic E-state index is 12.4. The van der Waals surface area contributed by atoms with Crippen LogP contribution in [0.4, 0.5) is 0 Å². The standard InChI is InChI=1S/C17H25N3O3.ClH/c1-11(12(2)18)16(21)19-15-8-9-20(17(15)22)10-13-4-6-14(23-3)7-5-13;/h4-7,11-12,15H,8-10,18H2,1-3H3,(H,19,21);1H. The molecule has 2 amide bonds. The minimum Gasteiger partial charge on any atom is -0.497 e. The number of hydrogen-bond acceptors (Lipinski definition) is 4. The molecule has 1 fully saturated rings. The van der Waals surface area contributed by atoms with Gasteiger partial charge < -0.3 is 20.7 Å². The second-order valence-corrected chi connectivity index (χ2v) is 6.11. The van der Waals surface area contributed by atoms with Gasteiger partial charge in [0.1, 0.15) is 11.8 Å². The summed E-state index contributed by atoms with van der Waals surface area (Å²) in [6, 6.07) is 6.95. The molecule has 3 atom stereocenters. The normalized spacial score (nSPS) is 19.4. The lowest BCUT2D eigenvalue weighted by atomic mass is 10.0. The van der Waals surface area contributed by atoms with E-state index < -0.39 is 6.04 Å². The topological polar surface area (TPSA) is 84.7 Å². The first kappa shape index (κ1) is 20.3. The molecule has 0 saturated carbocycles. The Morgan fingerprint density at radius 1 is 1.38 bits per heavy atom. The molecule has 6 nitrogen and oxygen atoms in total. The van der Waals surface area contributed by atoms with E-state index in [0.29, 0.717) is 19.5 Å². The molecule has 0 spiro atoms. The number of halogens is 1. The van der Waals surface area contributed by atoms with Crippen LogP contribution in [-0.2, 0) is 16.1 Å². The van der Waals surface area contributed by atoms with E-state index in [4.69, 9.17) is 10.5 Å². The van der Waals surface area contributed by atoms with Crippen molar-refractivity contribution < 1.29 is 14.3 Å². The van der Waals surface area contributed by atoms with Crippen molar-refractivity contribution in [3.63, 3.8) is 0 Å². The van der Waals surface area contributed by atoms with Crippen LogP contribution in [0.5, 0.6) is 5.75 Å². The van der Waals surface area contributed by atoms with E-state index in [-0.39, 0.29) is 36.2 Å². The van der Waals surface area contributed by atoms with E-state index in [0.717, 1.165) is 11.3 Å². The maximum Gasteiger partial charge on any atom is 0.245 e. The van der Waals surface area contributed by atoms with Crippen LogP contribution in [0.3, 0.4) is 0 Å². The molecule has 1 aromatic carbocycles. The van der Waals surface area contributed by atoms with Gasteiger partial charge in [-0.2, -0.15) is 0 Å². The first-order valence-electron chi connectivity index (χ1n) is 7.90. The summed E-state index contributed by atoms with van der Waals surface area (Å²) in [5, 5.41) is 2.81. The average molecular weight is 356 g/mol. The van der Waals surface area contributed by atoms with Gasteiger partial charge in [0.25, 0.3) is 0 Å². The first-order chi connectivity index (χ1) is 10.9. The van der Waals surface area contributed by atoms with Crippen LogP contribution < -0.4 is 15.8 Å². The predicted molar refractivity (Wildman–Crippen MR) is 95.0 cm³/mol. The zero-order chi connectivity index (χ0) is 17.0. The Labute approximate surface area is 149 Å². The number of carbonyl (C=O) groups is 2. The highest BCUT2D eigenvalue weighted by Crippen LogP contribution is 2.18. The van der Waals surface area contributed by atoms with Gasteiger partial charge in [-0.1, -0.05) is 19.1 Å². The summed E-state index contributed by atoms with van der Waals surface area (Å²) < 4.78 is 5.12. The number of rotatable bonds is 6. The van der Waals surface area contributed by atoms with Crippen LogP contribution >= 0.6 is 12.4 Å². The van der Waals surface area contributed by atoms with E-state index in [2.05, 4.69) is 5.32 Å². The minimum absolute atomic E-state index is 0. The van der Waals surface area contributed by atoms with E-state index in [9.17, 15) is 9.59 Å². The quantitative estimate of drug-likeness (QED) is 0.806. The van der Waals surface area contributed by atoms with Gasteiger partial charge in [0, 0.05) is 25.0 Å². The van der Waals surface area contributed by atoms with Crippen LogP contribution in [0.1, 0.15) is 25.8 Å². The van der Waals surface area contributed by atoms with Crippen molar-refractivity contribution in [1.82, 2.24) is 10.2 Å². The van der Waals surface area contributed by atoms with Crippen LogP contribution in [0.15, 0.2) is 24.3 Å². The number of amides is 2. The van der Waals surface area contributed by atoms with Crippen LogP contribution in [0.2, 0.25) is 0 Å². The summed E-state index contributed by atoms with van der Waals surface area (Å²) in [4.78, 5) is 26.2. The molecule has 0 aliphatic carbocycles. The lowest BCUT2D eigenvalue weighted by Crippen LogP contribution is -2.46. The Bertz CT molecular complexity index is 563. The highest BCUT2D eigenvalue weighted by molar-refractivity contribution is 5.90. The van der Waals surface area contributed by atoms with Crippen molar-refractivity contribution in [2.24, 2.45) is 11.7 Å². The number of ether oxygens (including phenoxy) is 1. The number of nitrogens with zero attached hydrogens (tertiary/aromatic N) is 1. The molecular weight excluding hydrogens is 330 g/mol. The fourth-order valence-corrected chi connectivity index (χ4v) is 2.52. The molecule has 1 aliphatic rings. The van der Waals surface area contributed by atoms with Gasteiger partial charge in [0.05, 0.1) is 7.11 Å². The monoisotopic (exact) mass is 355 g/mol. The van der Waals surface area contributed by atoms with E-state index in [1.165, 1.54) is 0 Å². The highest BCUT2D eigenvalue weighted by Gasteiger charge is 2.33. The Balaban J connectivity index is 0.00000288. The summed E-state index contributed by atoms with van der Waals surface area (Å²) in [6.45, 7) is 4.74. The van der Waals surface area contributed by atoms with Crippen LogP contribution in [0.25, 0.3) is 0 Å². The molecule has 24 heavy (non-hydrogen) atoms. The lowest BCUT2D eigenvalue weighted by Gasteiger charge is -2.20. The summed E-state index contributed by atoms with van der Waals surface area (Å²) in [5.74, 6) is 0.283. The molecule has 1 heterocycles. The average Bonchev–Trinajstić information content (AvgIpc) is 2.88. The van der Waals surface area contributed by atoms with Crippen LogP contribution in [0, 0.1) is 5.92 Å². The third-order valence-corrected chi connectivity index (χ3v) is 4.35. The minimum atomic E-state index is -0.443. The third kappa shape index (κ3) is 4.85. The fourth-order valence-electron chi connectivity index (χ4n) is 2.52. The number of methoxy groups -OCH3 is 1. The van der Waals surface area contributed by atoms with Crippen molar-refractivity contribution >= 4 is 24.2 Å². The number of nitrogens with two attached hydrogens (primary N) is 1. The molecule has 0 bridgehead atoms. The number of nitrogens with one attached hydrogen (secondary N) is 1. The number of carbonyl (C=O) groups excluding carboxylic acids is 2. The molecule has 3 N–H and O–H groups in total. The summed E-state index contributed by atoms with van der Waals surface area (Å²) in [6.07, 6.45) is 0.631. The van der Waals surface area contributed by atoms with E-state index in [1.807, 2.05) is 24.3 Å². The number of likely N-dealkylation sites (tertiary alicyclic amines) is 1. The van der Waals surface area contributed by atoms with E-state index in [1.54, 1.807) is 25.9 Å². The Kier molecular flexibility index (Phi) is 7.51. The smallest absolute Gasteiger partial charge is 0.245 e. The highest BCUT2D eigenvalue weighted by atomic mass is 35.5. The molecule has 0 radical (unpaired) electrons. The molecule has 134 valence electrons. The molecule has 1 saturated heterocycles. The van der Waals surface area contributed by atoms with Gasteiger partial charge in [-0.15, -0.1) is 12.4 Å². The number of benzene rings is 1. The third-order valence-electron chi connectivity index (χ3n) is 4.35. The van der Waals surface area contributed by atoms with Crippen molar-refractivity contribution in [2.75, 3.05) is 13.7 Å². The molecule has 3 unspecified atom stereocenters. The zero-order valence-corrected chi connectivity index (χ0v) is 15.1. The number of hydrogen-bond donors (Lipinski definition) is 2. The van der Waals surface area contributed by atoms with Crippen molar-refractivity contribution in [3.05, 3.63) is 29.8 Å². The van der Waals surface area contributed by atoms with Crippen molar-refractivity contribution in [3.8, 4) is 5.75 Å². The van der Waals surface area contributed by atoms with Gasteiger partial charge >= 0.3 is 0 Å². The SMILES string of the molecule is COc1ccc(CN2CCC(NC(=O)C(C)C(C)N)C2=O)cc1.Cl. The maximum atomic E-state index is 12.4. The summed E-state index contributed by atoms with van der Waals surface area (Å²) in [5.41, 5.74) is 6.77. The van der Waals surface area contributed by atoms with Gasteiger partial charge in [0.2, 0.25) is 11.8 Å². The Morgan fingerprint density at radius 3 is 2.54 bits per heavy atom. The Morgan fingerprint density at radius 2 is 2.00 bits per heavy atom. The largest absolute Gasteiger partial charge is 0.497 e. The molecular formula is C17H26ClN3O3. The zero-order valence-electron chi connectivity index (χ0n) is 14.3. The molecule has 1 aromatic rings. The molecule has 2 rings (SSSR count). The summed E-state index contributed by atoms with van der Waals surface area (Å²) in [7, 11) is 1.62. The van der Waals surface area contributed by atoms with Gasteiger partial charge in [-0.05, 0) is 31.0 Å². The Hall–Kier alpha value is -1.79. The molecule has 0 aromatic heterocycles. The molecule has 7 heteroatoms. The summed E-state index contributed by atoms with van der Waals surface area (Å²) >= 11 is 0. The predicted octanol–water partition coefficient (Wildman–Crippen LogP) is 1.32. The van der Waals surface area contributed by atoms with Gasteiger partial charge in [-0.3, -0.25) is 9.59 Å². The van der Waals surface area contributed by atoms with Crippen LogP contribution in [-0.4, -0.2) is 42.5 Å². The fraction of sp³-hybridized carbons (Fsp3) is 0.529. The van der Waals surface area contributed by atoms with Crippen molar-refractivity contribution in [2.45, 2.75) is 38.9 Å². The lowest BCUT2D eigenvalue weighted by molar-refractivity contribution is -0.134. The second-order valence-electron chi connectivity index (χ2n) is 6.11. The first-order valence-corrected chi connectivity index (χ1v) is 7.90. The second kappa shape index (κ2) is 8.89.